The minimum Gasteiger partial charge on any atom is -0.488 e. The predicted molar refractivity (Wildman–Crippen MR) is 74.4 cm³/mol. The van der Waals surface area contributed by atoms with Gasteiger partial charge < -0.3 is 10.5 Å². The monoisotopic (exact) mass is 277 g/mol. The van der Waals surface area contributed by atoms with E-state index < -0.39 is 11.6 Å². The molecule has 0 aliphatic carbocycles. The zero-order valence-corrected chi connectivity index (χ0v) is 11.3. The van der Waals surface area contributed by atoms with Crippen molar-refractivity contribution >= 4 is 0 Å². The SMILES string of the molecule is CC[C@@H](N)c1ccccc1OCc1c(F)cccc1F. The van der Waals surface area contributed by atoms with E-state index in [1.807, 2.05) is 19.1 Å². The van der Waals surface area contributed by atoms with E-state index in [4.69, 9.17) is 10.5 Å². The maximum Gasteiger partial charge on any atom is 0.132 e. The lowest BCUT2D eigenvalue weighted by molar-refractivity contribution is 0.287. The van der Waals surface area contributed by atoms with Crippen LogP contribution in [-0.2, 0) is 6.61 Å². The maximum atomic E-state index is 13.5. The molecule has 20 heavy (non-hydrogen) atoms. The summed E-state index contributed by atoms with van der Waals surface area (Å²) in [4.78, 5) is 0. The van der Waals surface area contributed by atoms with Crippen LogP contribution in [0, 0.1) is 11.6 Å². The largest absolute Gasteiger partial charge is 0.488 e. The summed E-state index contributed by atoms with van der Waals surface area (Å²) in [6, 6.07) is 10.9. The van der Waals surface area contributed by atoms with Gasteiger partial charge in [-0.3, -0.25) is 0 Å². The number of nitrogens with two attached hydrogens (primary N) is 1. The molecule has 0 heterocycles. The molecule has 2 nitrogen and oxygen atoms in total. The second-order valence-corrected chi connectivity index (χ2v) is 4.54. The van der Waals surface area contributed by atoms with E-state index in [-0.39, 0.29) is 18.2 Å². The van der Waals surface area contributed by atoms with Crippen LogP contribution in [0.5, 0.6) is 5.75 Å². The number of benzene rings is 2. The molecule has 0 aliphatic heterocycles. The normalized spacial score (nSPS) is 12.2. The van der Waals surface area contributed by atoms with Crippen molar-refractivity contribution in [3.63, 3.8) is 0 Å². The minimum absolute atomic E-state index is 0.0765. The Bertz CT molecular complexity index is 566. The third kappa shape index (κ3) is 3.14. The van der Waals surface area contributed by atoms with Gasteiger partial charge in [-0.25, -0.2) is 8.78 Å². The lowest BCUT2D eigenvalue weighted by Crippen LogP contribution is -2.11. The third-order valence-electron chi connectivity index (χ3n) is 3.19. The van der Waals surface area contributed by atoms with Gasteiger partial charge in [0.25, 0.3) is 0 Å². The van der Waals surface area contributed by atoms with Gasteiger partial charge in [0.05, 0.1) is 5.56 Å². The van der Waals surface area contributed by atoms with Gasteiger partial charge >= 0.3 is 0 Å². The van der Waals surface area contributed by atoms with E-state index in [0.717, 1.165) is 12.0 Å². The maximum absolute atomic E-state index is 13.5. The van der Waals surface area contributed by atoms with Gasteiger partial charge in [0.2, 0.25) is 0 Å². The molecule has 106 valence electrons. The number of halogens is 2. The highest BCUT2D eigenvalue weighted by atomic mass is 19.1. The first kappa shape index (κ1) is 14.5. The molecule has 2 aromatic rings. The highest BCUT2D eigenvalue weighted by molar-refractivity contribution is 5.36. The fourth-order valence-electron chi connectivity index (χ4n) is 1.96. The van der Waals surface area contributed by atoms with E-state index in [1.165, 1.54) is 18.2 Å². The van der Waals surface area contributed by atoms with Crippen LogP contribution >= 0.6 is 0 Å². The average Bonchev–Trinajstić information content (AvgIpc) is 2.46. The molecule has 0 saturated heterocycles. The molecule has 0 spiro atoms. The van der Waals surface area contributed by atoms with Crippen molar-refractivity contribution in [1.82, 2.24) is 0 Å². The first-order chi connectivity index (χ1) is 9.63. The van der Waals surface area contributed by atoms with Crippen LogP contribution in [0.3, 0.4) is 0 Å². The van der Waals surface area contributed by atoms with Gasteiger partial charge in [0, 0.05) is 11.6 Å². The second kappa shape index (κ2) is 6.48. The minimum atomic E-state index is -0.609. The van der Waals surface area contributed by atoms with Gasteiger partial charge in [-0.05, 0) is 24.6 Å². The topological polar surface area (TPSA) is 35.2 Å². The lowest BCUT2D eigenvalue weighted by atomic mass is 10.0. The number of hydrogen-bond donors (Lipinski definition) is 1. The summed E-state index contributed by atoms with van der Waals surface area (Å²) < 4.78 is 32.6. The molecule has 1 atom stereocenters. The lowest BCUT2D eigenvalue weighted by Gasteiger charge is -2.16. The summed E-state index contributed by atoms with van der Waals surface area (Å²) in [6.07, 6.45) is 0.758. The summed E-state index contributed by atoms with van der Waals surface area (Å²) in [5.74, 6) is -0.658. The molecule has 0 aliphatic rings. The Kier molecular flexibility index (Phi) is 4.69. The van der Waals surface area contributed by atoms with E-state index in [1.54, 1.807) is 12.1 Å². The second-order valence-electron chi connectivity index (χ2n) is 4.54. The molecule has 2 rings (SSSR count). The highest BCUT2D eigenvalue weighted by Crippen LogP contribution is 2.26. The van der Waals surface area contributed by atoms with Crippen LogP contribution in [0.4, 0.5) is 8.78 Å². The van der Waals surface area contributed by atoms with Gasteiger partial charge in [0.1, 0.15) is 24.0 Å². The Morgan fingerprint density at radius 1 is 1.05 bits per heavy atom. The first-order valence-electron chi connectivity index (χ1n) is 6.53. The molecule has 0 aromatic heterocycles. The predicted octanol–water partition coefficient (Wildman–Crippen LogP) is 3.95. The van der Waals surface area contributed by atoms with Crippen molar-refractivity contribution in [2.75, 3.05) is 0 Å². The zero-order chi connectivity index (χ0) is 14.5. The quantitative estimate of drug-likeness (QED) is 0.898. The fourth-order valence-corrected chi connectivity index (χ4v) is 1.96. The summed E-state index contributed by atoms with van der Waals surface area (Å²) in [7, 11) is 0. The van der Waals surface area contributed by atoms with Crippen molar-refractivity contribution in [3.05, 3.63) is 65.2 Å². The number of rotatable bonds is 5. The molecule has 0 saturated carbocycles. The first-order valence-corrected chi connectivity index (χ1v) is 6.53. The van der Waals surface area contributed by atoms with E-state index in [0.29, 0.717) is 5.75 Å². The van der Waals surface area contributed by atoms with Gasteiger partial charge in [-0.15, -0.1) is 0 Å². The molecule has 0 unspecified atom stereocenters. The Balaban J connectivity index is 2.19. The summed E-state index contributed by atoms with van der Waals surface area (Å²) in [5.41, 5.74) is 6.76. The Morgan fingerprint density at radius 2 is 1.70 bits per heavy atom. The van der Waals surface area contributed by atoms with Crippen LogP contribution in [0.2, 0.25) is 0 Å². The summed E-state index contributed by atoms with van der Waals surface area (Å²) in [6.45, 7) is 1.81. The number of hydrogen-bond acceptors (Lipinski definition) is 2. The van der Waals surface area contributed by atoms with Crippen molar-refractivity contribution < 1.29 is 13.5 Å². The van der Waals surface area contributed by atoms with Crippen molar-refractivity contribution in [2.24, 2.45) is 5.73 Å². The molecule has 0 amide bonds. The molecule has 4 heteroatoms. The van der Waals surface area contributed by atoms with Crippen molar-refractivity contribution in [1.29, 1.82) is 0 Å². The van der Waals surface area contributed by atoms with Crippen molar-refractivity contribution in [2.45, 2.75) is 26.0 Å². The standard InChI is InChI=1S/C16H17F2NO/c1-2-15(19)11-6-3-4-9-16(11)20-10-12-13(17)7-5-8-14(12)18/h3-9,15H,2,10,19H2,1H3/t15-/m1/s1. The molecule has 2 N–H and O–H groups in total. The zero-order valence-electron chi connectivity index (χ0n) is 11.3. The average molecular weight is 277 g/mol. The molecular formula is C16H17F2NO. The van der Waals surface area contributed by atoms with Crippen LogP contribution in [0.15, 0.2) is 42.5 Å². The van der Waals surface area contributed by atoms with Gasteiger partial charge in [0.15, 0.2) is 0 Å². The molecule has 0 fully saturated rings. The smallest absolute Gasteiger partial charge is 0.132 e. The Hall–Kier alpha value is -1.94. The fraction of sp³-hybridized carbons (Fsp3) is 0.250. The number of para-hydroxylation sites is 1. The Morgan fingerprint density at radius 3 is 2.35 bits per heavy atom. The van der Waals surface area contributed by atoms with Crippen LogP contribution in [-0.4, -0.2) is 0 Å². The molecular weight excluding hydrogens is 260 g/mol. The van der Waals surface area contributed by atoms with E-state index >= 15 is 0 Å². The number of ether oxygens (including phenoxy) is 1. The summed E-state index contributed by atoms with van der Waals surface area (Å²) >= 11 is 0. The van der Waals surface area contributed by atoms with E-state index in [9.17, 15) is 8.78 Å². The molecule has 2 aromatic carbocycles. The third-order valence-corrected chi connectivity index (χ3v) is 3.19. The highest BCUT2D eigenvalue weighted by Gasteiger charge is 2.13. The van der Waals surface area contributed by atoms with Crippen LogP contribution in [0.1, 0.15) is 30.5 Å². The Labute approximate surface area is 117 Å². The molecule has 0 bridgehead atoms. The van der Waals surface area contributed by atoms with Gasteiger partial charge in [-0.2, -0.15) is 0 Å². The molecule has 0 radical (unpaired) electrons. The van der Waals surface area contributed by atoms with Gasteiger partial charge in [-0.1, -0.05) is 31.2 Å². The van der Waals surface area contributed by atoms with Crippen LogP contribution in [0.25, 0.3) is 0 Å². The van der Waals surface area contributed by atoms with Crippen LogP contribution < -0.4 is 10.5 Å². The summed E-state index contributed by atoms with van der Waals surface area (Å²) in [5, 5.41) is 0. The van der Waals surface area contributed by atoms with Crippen molar-refractivity contribution in [3.8, 4) is 5.75 Å². The van der Waals surface area contributed by atoms with E-state index in [2.05, 4.69) is 0 Å².